The zero-order valence-electron chi connectivity index (χ0n) is 10.0. The molecule has 2 aromatic rings. The van der Waals surface area contributed by atoms with Gasteiger partial charge in [0.15, 0.2) is 5.75 Å². The number of ether oxygens (including phenoxy) is 1. The molecule has 90 valence electrons. The first kappa shape index (κ1) is 11.6. The van der Waals surface area contributed by atoms with Crippen LogP contribution in [0.25, 0.3) is 10.9 Å². The van der Waals surface area contributed by atoms with Crippen LogP contribution in [0.15, 0.2) is 24.4 Å². The van der Waals surface area contributed by atoms with Gasteiger partial charge >= 0.3 is 5.97 Å². The number of H-pyrrole nitrogens is 1. The Morgan fingerprint density at radius 2 is 2.06 bits per heavy atom. The lowest BCUT2D eigenvalue weighted by Crippen LogP contribution is -2.25. The summed E-state index contributed by atoms with van der Waals surface area (Å²) in [5.41, 5.74) is -0.00353. The van der Waals surface area contributed by atoms with E-state index in [2.05, 4.69) is 4.98 Å². The molecule has 2 rings (SSSR count). The molecule has 1 N–H and O–H groups in total. The molecule has 0 aliphatic rings. The van der Waals surface area contributed by atoms with Gasteiger partial charge in [-0.1, -0.05) is 6.07 Å². The standard InChI is InChI=1S/C13H14FNO2/c1-13(2,3)12(16)17-10-7-15-9-6-4-5-8(14)11(9)10/h4-7,15H,1-3H3. The van der Waals surface area contributed by atoms with Gasteiger partial charge in [-0.25, -0.2) is 4.39 Å². The van der Waals surface area contributed by atoms with Crippen molar-refractivity contribution < 1.29 is 13.9 Å². The molecule has 0 spiro atoms. The molecule has 0 amide bonds. The SMILES string of the molecule is CC(C)(C)C(=O)Oc1c[nH]c2cccc(F)c12. The Balaban J connectivity index is 2.41. The summed E-state index contributed by atoms with van der Waals surface area (Å²) in [6.07, 6.45) is 1.50. The van der Waals surface area contributed by atoms with E-state index in [0.717, 1.165) is 0 Å². The van der Waals surface area contributed by atoms with Gasteiger partial charge in [-0.15, -0.1) is 0 Å². The molecule has 0 radical (unpaired) electrons. The normalized spacial score (nSPS) is 11.8. The Labute approximate surface area is 98.6 Å². The number of hydrogen-bond donors (Lipinski definition) is 1. The van der Waals surface area contributed by atoms with Crippen LogP contribution < -0.4 is 4.74 Å². The van der Waals surface area contributed by atoms with E-state index in [1.54, 1.807) is 32.9 Å². The largest absolute Gasteiger partial charge is 0.424 e. The molecule has 1 aromatic carbocycles. The summed E-state index contributed by atoms with van der Waals surface area (Å²) < 4.78 is 18.8. The van der Waals surface area contributed by atoms with Crippen molar-refractivity contribution in [1.29, 1.82) is 0 Å². The van der Waals surface area contributed by atoms with E-state index in [9.17, 15) is 9.18 Å². The first-order valence-electron chi connectivity index (χ1n) is 5.37. The van der Waals surface area contributed by atoms with E-state index in [-0.39, 0.29) is 11.7 Å². The fourth-order valence-corrected chi connectivity index (χ4v) is 1.44. The molecule has 3 nitrogen and oxygen atoms in total. The van der Waals surface area contributed by atoms with Gasteiger partial charge in [0.25, 0.3) is 0 Å². The highest BCUT2D eigenvalue weighted by Crippen LogP contribution is 2.29. The van der Waals surface area contributed by atoms with Crippen LogP contribution in [0.3, 0.4) is 0 Å². The van der Waals surface area contributed by atoms with Crippen LogP contribution in [0.2, 0.25) is 0 Å². The smallest absolute Gasteiger partial charge is 0.316 e. The van der Waals surface area contributed by atoms with Gasteiger partial charge < -0.3 is 9.72 Å². The third-order valence-electron chi connectivity index (χ3n) is 2.43. The number of hydrogen-bond acceptors (Lipinski definition) is 2. The third-order valence-corrected chi connectivity index (χ3v) is 2.43. The molecule has 0 aliphatic carbocycles. The lowest BCUT2D eigenvalue weighted by molar-refractivity contribution is -0.142. The van der Waals surface area contributed by atoms with Gasteiger partial charge in [-0.2, -0.15) is 0 Å². The zero-order chi connectivity index (χ0) is 12.6. The lowest BCUT2D eigenvalue weighted by atomic mass is 9.97. The number of halogens is 1. The minimum Gasteiger partial charge on any atom is -0.424 e. The summed E-state index contributed by atoms with van der Waals surface area (Å²) in [6, 6.07) is 4.67. The summed E-state index contributed by atoms with van der Waals surface area (Å²) in [5.74, 6) is -0.555. The van der Waals surface area contributed by atoms with Crippen molar-refractivity contribution in [2.45, 2.75) is 20.8 Å². The van der Waals surface area contributed by atoms with Crippen LogP contribution in [0.5, 0.6) is 5.75 Å². The van der Waals surface area contributed by atoms with E-state index in [1.807, 2.05) is 0 Å². The van der Waals surface area contributed by atoms with Crippen molar-refractivity contribution in [2.75, 3.05) is 0 Å². The maximum absolute atomic E-state index is 13.6. The van der Waals surface area contributed by atoms with Crippen molar-refractivity contribution in [3.05, 3.63) is 30.2 Å². The van der Waals surface area contributed by atoms with Gasteiger partial charge in [-0.3, -0.25) is 4.79 Å². The minimum absolute atomic E-state index is 0.234. The lowest BCUT2D eigenvalue weighted by Gasteiger charge is -2.15. The number of aromatic amines is 1. The summed E-state index contributed by atoms with van der Waals surface area (Å²) in [7, 11) is 0. The number of esters is 1. The van der Waals surface area contributed by atoms with Crippen LogP contribution in [-0.4, -0.2) is 11.0 Å². The Bertz CT molecular complexity index is 566. The minimum atomic E-state index is -0.616. The van der Waals surface area contributed by atoms with Crippen molar-refractivity contribution in [1.82, 2.24) is 4.98 Å². The van der Waals surface area contributed by atoms with Crippen molar-refractivity contribution in [3.63, 3.8) is 0 Å². The van der Waals surface area contributed by atoms with E-state index < -0.39 is 11.2 Å². The Morgan fingerprint density at radius 3 is 2.71 bits per heavy atom. The van der Waals surface area contributed by atoms with Gasteiger partial charge in [0.1, 0.15) is 5.82 Å². The average Bonchev–Trinajstić information content (AvgIpc) is 2.61. The fourth-order valence-electron chi connectivity index (χ4n) is 1.44. The highest BCUT2D eigenvalue weighted by molar-refractivity contribution is 5.90. The maximum Gasteiger partial charge on any atom is 0.316 e. The molecule has 0 saturated heterocycles. The van der Waals surface area contributed by atoms with E-state index in [4.69, 9.17) is 4.74 Å². The highest BCUT2D eigenvalue weighted by atomic mass is 19.1. The Kier molecular flexibility index (Phi) is 2.65. The number of fused-ring (bicyclic) bond motifs is 1. The first-order chi connectivity index (χ1) is 7.89. The number of carbonyl (C=O) groups is 1. The summed E-state index contributed by atoms with van der Waals surface area (Å²) in [4.78, 5) is 14.6. The molecular weight excluding hydrogens is 221 g/mol. The highest BCUT2D eigenvalue weighted by Gasteiger charge is 2.25. The van der Waals surface area contributed by atoms with Gasteiger partial charge in [0.2, 0.25) is 0 Å². The summed E-state index contributed by atoms with van der Waals surface area (Å²) in [5, 5.41) is 0.310. The number of rotatable bonds is 1. The molecule has 17 heavy (non-hydrogen) atoms. The summed E-state index contributed by atoms with van der Waals surface area (Å²) >= 11 is 0. The molecule has 0 saturated carbocycles. The van der Waals surface area contributed by atoms with E-state index in [1.165, 1.54) is 12.3 Å². The van der Waals surface area contributed by atoms with Crippen molar-refractivity contribution in [3.8, 4) is 5.75 Å². The Morgan fingerprint density at radius 1 is 1.35 bits per heavy atom. The molecule has 0 unspecified atom stereocenters. The molecule has 1 aromatic heterocycles. The number of nitrogens with one attached hydrogen (secondary N) is 1. The van der Waals surface area contributed by atoms with Gasteiger partial charge in [0, 0.05) is 6.20 Å². The second-order valence-electron chi connectivity index (χ2n) is 4.95. The third kappa shape index (κ3) is 2.16. The number of aromatic nitrogens is 1. The first-order valence-corrected chi connectivity index (χ1v) is 5.37. The van der Waals surface area contributed by atoms with Crippen LogP contribution in [0, 0.1) is 11.2 Å². The van der Waals surface area contributed by atoms with Gasteiger partial charge in [-0.05, 0) is 32.9 Å². The van der Waals surface area contributed by atoms with Gasteiger partial charge in [0.05, 0.1) is 16.3 Å². The predicted octanol–water partition coefficient (Wildman–Crippen LogP) is 3.26. The van der Waals surface area contributed by atoms with Crippen LogP contribution in [-0.2, 0) is 4.79 Å². The molecule has 4 heteroatoms. The summed E-state index contributed by atoms with van der Waals surface area (Å²) in [6.45, 7) is 5.25. The number of carbonyl (C=O) groups excluding carboxylic acids is 1. The molecule has 0 aliphatic heterocycles. The maximum atomic E-state index is 13.6. The van der Waals surface area contributed by atoms with Crippen molar-refractivity contribution >= 4 is 16.9 Å². The topological polar surface area (TPSA) is 42.1 Å². The zero-order valence-corrected chi connectivity index (χ0v) is 10.0. The second-order valence-corrected chi connectivity index (χ2v) is 4.95. The Hall–Kier alpha value is -1.84. The van der Waals surface area contributed by atoms with E-state index in [0.29, 0.717) is 10.9 Å². The van der Waals surface area contributed by atoms with Crippen LogP contribution >= 0.6 is 0 Å². The molecule has 0 atom stereocenters. The monoisotopic (exact) mass is 235 g/mol. The predicted molar refractivity (Wildman–Crippen MR) is 63.3 cm³/mol. The molecule has 1 heterocycles. The average molecular weight is 235 g/mol. The van der Waals surface area contributed by atoms with E-state index >= 15 is 0 Å². The fraction of sp³-hybridized carbons (Fsp3) is 0.308. The molecule has 0 fully saturated rings. The molecular formula is C13H14FNO2. The van der Waals surface area contributed by atoms with Crippen LogP contribution in [0.1, 0.15) is 20.8 Å². The van der Waals surface area contributed by atoms with Crippen molar-refractivity contribution in [2.24, 2.45) is 5.41 Å². The quantitative estimate of drug-likeness (QED) is 0.771. The number of benzene rings is 1. The van der Waals surface area contributed by atoms with Crippen LogP contribution in [0.4, 0.5) is 4.39 Å². The second kappa shape index (κ2) is 3.87. The molecule has 0 bridgehead atoms.